The molecule has 0 radical (unpaired) electrons. The molecule has 7 heteroatoms. The molecule has 0 saturated carbocycles. The van der Waals surface area contributed by atoms with Crippen LogP contribution in [0.5, 0.6) is 5.75 Å². The van der Waals surface area contributed by atoms with E-state index in [9.17, 15) is 13.9 Å². The molecule has 148 valence electrons. The lowest BCUT2D eigenvalue weighted by Gasteiger charge is -2.38. The predicted octanol–water partition coefficient (Wildman–Crippen LogP) is 3.26. The van der Waals surface area contributed by atoms with Crippen molar-refractivity contribution in [3.63, 3.8) is 0 Å². The van der Waals surface area contributed by atoms with E-state index < -0.39 is 18.6 Å². The number of benzene rings is 2. The molecule has 1 atom stereocenters. The maximum absolute atomic E-state index is 14.5. The fraction of sp³-hybridized carbons (Fsp3) is 0.400. The molecule has 1 aliphatic heterocycles. The molecule has 0 amide bonds. The summed E-state index contributed by atoms with van der Waals surface area (Å²) in [6, 6.07) is 15.3. The van der Waals surface area contributed by atoms with Gasteiger partial charge < -0.3 is 15.2 Å². The van der Waals surface area contributed by atoms with E-state index in [2.05, 4.69) is 5.32 Å². The lowest BCUT2D eigenvalue weighted by Crippen LogP contribution is -2.51. The van der Waals surface area contributed by atoms with Crippen LogP contribution in [0.1, 0.15) is 17.2 Å². The van der Waals surface area contributed by atoms with Gasteiger partial charge in [0.1, 0.15) is 25.0 Å². The Balaban J connectivity index is 0.00000261. The molecule has 2 aromatic carbocycles. The Morgan fingerprint density at radius 1 is 1.07 bits per heavy atom. The van der Waals surface area contributed by atoms with E-state index in [1.807, 2.05) is 30.3 Å². The monoisotopic (exact) mass is 398 g/mol. The minimum absolute atomic E-state index is 0. The number of nitrogens with one attached hydrogen (secondary N) is 1. The largest absolute Gasteiger partial charge is 0.489 e. The zero-order valence-electron chi connectivity index (χ0n) is 15.0. The molecule has 1 saturated heterocycles. The number of ether oxygens (including phenoxy) is 1. The highest BCUT2D eigenvalue weighted by molar-refractivity contribution is 5.85. The second-order valence-corrected chi connectivity index (χ2v) is 6.45. The van der Waals surface area contributed by atoms with Crippen molar-refractivity contribution in [2.75, 3.05) is 32.8 Å². The first kappa shape index (κ1) is 21.6. The zero-order valence-corrected chi connectivity index (χ0v) is 15.8. The Morgan fingerprint density at radius 3 is 2.44 bits per heavy atom. The van der Waals surface area contributed by atoms with Crippen LogP contribution in [0.4, 0.5) is 8.78 Å². The Morgan fingerprint density at radius 2 is 1.78 bits per heavy atom. The predicted molar refractivity (Wildman–Crippen MR) is 104 cm³/mol. The molecule has 2 aromatic rings. The van der Waals surface area contributed by atoms with Gasteiger partial charge in [0, 0.05) is 26.2 Å². The van der Waals surface area contributed by atoms with Gasteiger partial charge in [-0.3, -0.25) is 4.90 Å². The smallest absolute Gasteiger partial charge is 0.289 e. The summed E-state index contributed by atoms with van der Waals surface area (Å²) in [6.07, 6.45) is 0. The number of hydrogen-bond donors (Lipinski definition) is 2. The fourth-order valence-corrected chi connectivity index (χ4v) is 3.26. The van der Waals surface area contributed by atoms with Gasteiger partial charge in [-0.05, 0) is 23.3 Å². The first-order valence-electron chi connectivity index (χ1n) is 8.80. The highest BCUT2D eigenvalue weighted by Crippen LogP contribution is 2.37. The van der Waals surface area contributed by atoms with Crippen LogP contribution < -0.4 is 10.1 Å². The van der Waals surface area contributed by atoms with E-state index in [1.54, 1.807) is 29.2 Å². The lowest BCUT2D eigenvalue weighted by atomic mass is 9.98. The summed E-state index contributed by atoms with van der Waals surface area (Å²) in [4.78, 5) is 1.73. The lowest BCUT2D eigenvalue weighted by molar-refractivity contribution is -0.118. The van der Waals surface area contributed by atoms with E-state index in [0.29, 0.717) is 44.1 Å². The third kappa shape index (κ3) is 5.62. The van der Waals surface area contributed by atoms with Crippen molar-refractivity contribution in [1.82, 2.24) is 10.2 Å². The average Bonchev–Trinajstić information content (AvgIpc) is 2.68. The van der Waals surface area contributed by atoms with Crippen LogP contribution >= 0.6 is 12.4 Å². The van der Waals surface area contributed by atoms with Gasteiger partial charge in [0.05, 0.1) is 0 Å². The Labute approximate surface area is 164 Å². The molecule has 0 aliphatic carbocycles. The van der Waals surface area contributed by atoms with E-state index in [4.69, 9.17) is 4.74 Å². The van der Waals surface area contributed by atoms with Gasteiger partial charge in [-0.1, -0.05) is 42.5 Å². The van der Waals surface area contributed by atoms with Crippen molar-refractivity contribution in [3.8, 4) is 5.75 Å². The number of alkyl halides is 2. The van der Waals surface area contributed by atoms with Crippen LogP contribution in [0.15, 0.2) is 54.6 Å². The second kappa shape index (κ2) is 9.99. The van der Waals surface area contributed by atoms with Gasteiger partial charge in [0.25, 0.3) is 5.92 Å². The molecule has 1 aliphatic rings. The molecule has 1 fully saturated rings. The van der Waals surface area contributed by atoms with Gasteiger partial charge in [0.15, 0.2) is 0 Å². The van der Waals surface area contributed by atoms with Crippen LogP contribution in [-0.2, 0) is 6.61 Å². The van der Waals surface area contributed by atoms with Gasteiger partial charge in [0.2, 0.25) is 0 Å². The molecule has 0 spiro atoms. The molecule has 0 unspecified atom stereocenters. The van der Waals surface area contributed by atoms with Crippen LogP contribution in [0, 0.1) is 0 Å². The summed E-state index contributed by atoms with van der Waals surface area (Å²) in [6.45, 7) is 1.52. The van der Waals surface area contributed by atoms with Crippen molar-refractivity contribution in [3.05, 3.63) is 65.7 Å². The van der Waals surface area contributed by atoms with Crippen LogP contribution in [0.2, 0.25) is 0 Å². The van der Waals surface area contributed by atoms with Crippen molar-refractivity contribution in [1.29, 1.82) is 0 Å². The second-order valence-electron chi connectivity index (χ2n) is 6.45. The molecule has 27 heavy (non-hydrogen) atoms. The Hall–Kier alpha value is -1.73. The minimum atomic E-state index is -3.23. The summed E-state index contributed by atoms with van der Waals surface area (Å²) in [5, 5.41) is 12.4. The number of halogens is 3. The highest BCUT2D eigenvalue weighted by atomic mass is 35.5. The summed E-state index contributed by atoms with van der Waals surface area (Å²) < 4.78 is 34.8. The third-order valence-electron chi connectivity index (χ3n) is 4.55. The molecular weight excluding hydrogens is 374 g/mol. The van der Waals surface area contributed by atoms with Gasteiger partial charge >= 0.3 is 0 Å². The van der Waals surface area contributed by atoms with Crippen LogP contribution in [-0.4, -0.2) is 48.7 Å². The molecule has 3 rings (SSSR count). The van der Waals surface area contributed by atoms with E-state index >= 15 is 0 Å². The maximum Gasteiger partial charge on any atom is 0.289 e. The first-order chi connectivity index (χ1) is 12.6. The summed E-state index contributed by atoms with van der Waals surface area (Å²) >= 11 is 0. The number of hydrogen-bond acceptors (Lipinski definition) is 4. The number of aliphatic hydroxyl groups excluding tert-OH is 1. The van der Waals surface area contributed by atoms with Crippen molar-refractivity contribution in [2.45, 2.75) is 18.6 Å². The molecule has 1 heterocycles. The number of nitrogens with zero attached hydrogens (tertiary/aromatic N) is 1. The molecule has 0 bridgehead atoms. The fourth-order valence-electron chi connectivity index (χ4n) is 3.26. The maximum atomic E-state index is 14.5. The van der Waals surface area contributed by atoms with Crippen LogP contribution in [0.3, 0.4) is 0 Å². The Bertz CT molecular complexity index is 697. The molecular formula is C20H25ClF2N2O2. The van der Waals surface area contributed by atoms with Gasteiger partial charge in [-0.15, -0.1) is 12.4 Å². The summed E-state index contributed by atoms with van der Waals surface area (Å²) in [5.74, 6) is -2.68. The number of rotatable bonds is 7. The summed E-state index contributed by atoms with van der Waals surface area (Å²) in [7, 11) is 0. The quantitative estimate of drug-likeness (QED) is 0.751. The van der Waals surface area contributed by atoms with Crippen molar-refractivity contribution in [2.24, 2.45) is 0 Å². The molecule has 4 nitrogen and oxygen atoms in total. The third-order valence-corrected chi connectivity index (χ3v) is 4.55. The zero-order chi connectivity index (χ0) is 18.4. The first-order valence-corrected chi connectivity index (χ1v) is 8.80. The number of aliphatic hydroxyl groups is 1. The topological polar surface area (TPSA) is 44.7 Å². The standard InChI is InChI=1S/C20H24F2N2O2.ClH/c21-20(22,15-25)19(24-11-9-23-10-12-24)17-7-4-8-18(13-17)26-14-16-5-2-1-3-6-16;/h1-8,13,19,23,25H,9-12,14-15H2;1H/t19-;/m1./s1. The van der Waals surface area contributed by atoms with Crippen molar-refractivity contribution < 1.29 is 18.6 Å². The Kier molecular flexibility index (Phi) is 7.98. The number of piperazine rings is 1. The summed E-state index contributed by atoms with van der Waals surface area (Å²) in [5.41, 5.74) is 1.47. The highest BCUT2D eigenvalue weighted by Gasteiger charge is 2.44. The van der Waals surface area contributed by atoms with Crippen molar-refractivity contribution >= 4 is 12.4 Å². The van der Waals surface area contributed by atoms with E-state index in [-0.39, 0.29) is 12.4 Å². The SMILES string of the molecule is Cl.OCC(F)(F)[C@@H](c1cccc(OCc2ccccc2)c1)N1CCNCC1. The van der Waals surface area contributed by atoms with Gasteiger partial charge in [-0.25, -0.2) is 8.78 Å². The normalized spacial score (nSPS) is 16.4. The van der Waals surface area contributed by atoms with E-state index in [0.717, 1.165) is 5.56 Å². The van der Waals surface area contributed by atoms with Gasteiger partial charge in [-0.2, -0.15) is 0 Å². The van der Waals surface area contributed by atoms with Crippen LogP contribution in [0.25, 0.3) is 0 Å². The average molecular weight is 399 g/mol. The molecule has 2 N–H and O–H groups in total. The van der Waals surface area contributed by atoms with E-state index in [1.165, 1.54) is 0 Å². The molecule has 0 aromatic heterocycles. The minimum Gasteiger partial charge on any atom is -0.489 e.